The lowest BCUT2D eigenvalue weighted by molar-refractivity contribution is -0.136. The summed E-state index contributed by atoms with van der Waals surface area (Å²) in [6.07, 6.45) is 1.16. The molecule has 0 bridgehead atoms. The van der Waals surface area contributed by atoms with Crippen molar-refractivity contribution in [2.75, 3.05) is 0 Å². The van der Waals surface area contributed by atoms with E-state index in [1.807, 2.05) is 0 Å². The van der Waals surface area contributed by atoms with Crippen molar-refractivity contribution < 1.29 is 14.3 Å². The number of carboxylic acid groups (broad SMARTS) is 1. The summed E-state index contributed by atoms with van der Waals surface area (Å²) in [4.78, 5) is 18.7. The summed E-state index contributed by atoms with van der Waals surface area (Å²) in [5.41, 5.74) is 0.770. The fourth-order valence-electron chi connectivity index (χ4n) is 1.94. The molecule has 2 heterocycles. The number of carbonyl (C=O) groups is 1. The first-order valence-corrected chi connectivity index (χ1v) is 6.72. The monoisotopic (exact) mass is 350 g/mol. The van der Waals surface area contributed by atoms with E-state index in [1.165, 1.54) is 16.8 Å². The van der Waals surface area contributed by atoms with Crippen molar-refractivity contribution in [3.8, 4) is 11.3 Å². The Morgan fingerprint density at radius 3 is 2.95 bits per heavy atom. The molecule has 0 saturated carbocycles. The number of hydrogen-bond acceptors (Lipinski definition) is 4. The van der Waals surface area contributed by atoms with Gasteiger partial charge in [-0.05, 0) is 24.3 Å². The van der Waals surface area contributed by atoms with Gasteiger partial charge >= 0.3 is 5.97 Å². The molecule has 6 nitrogen and oxygen atoms in total. The number of aromatic nitrogens is 4. The smallest absolute Gasteiger partial charge is 0.311 e. The second-order valence-electron chi connectivity index (χ2n) is 4.26. The zero-order valence-corrected chi connectivity index (χ0v) is 12.1. The summed E-state index contributed by atoms with van der Waals surface area (Å²) in [6, 6.07) is 6.13. The predicted molar refractivity (Wildman–Crippen MR) is 75.2 cm³/mol. The van der Waals surface area contributed by atoms with E-state index in [1.54, 1.807) is 18.2 Å². The molecule has 8 heteroatoms. The summed E-state index contributed by atoms with van der Waals surface area (Å²) in [6.45, 7) is 0. The van der Waals surface area contributed by atoms with Crippen molar-refractivity contribution in [1.29, 1.82) is 0 Å². The molecule has 0 unspecified atom stereocenters. The summed E-state index contributed by atoms with van der Waals surface area (Å²) < 4.78 is 16.1. The molecule has 3 rings (SSSR count). The van der Waals surface area contributed by atoms with E-state index >= 15 is 0 Å². The second-order valence-corrected chi connectivity index (χ2v) is 5.18. The number of benzene rings is 1. The summed E-state index contributed by atoms with van der Waals surface area (Å²) in [5, 5.41) is 12.9. The van der Waals surface area contributed by atoms with Gasteiger partial charge in [0.2, 0.25) is 0 Å². The van der Waals surface area contributed by atoms with E-state index in [9.17, 15) is 9.18 Å². The van der Waals surface area contributed by atoms with Crippen LogP contribution in [0.4, 0.5) is 4.39 Å². The topological polar surface area (TPSA) is 80.4 Å². The Morgan fingerprint density at radius 1 is 1.38 bits per heavy atom. The van der Waals surface area contributed by atoms with Gasteiger partial charge in [-0.3, -0.25) is 4.79 Å². The van der Waals surface area contributed by atoms with E-state index in [-0.39, 0.29) is 18.0 Å². The molecule has 0 atom stereocenters. The summed E-state index contributed by atoms with van der Waals surface area (Å²) >= 11 is 3.29. The highest BCUT2D eigenvalue weighted by Gasteiger charge is 2.14. The summed E-state index contributed by atoms with van der Waals surface area (Å²) in [5.74, 6) is -1.11. The molecule has 0 aliphatic heterocycles. The highest BCUT2D eigenvalue weighted by molar-refractivity contribution is 9.10. The molecular formula is C13H8BrFN4O2. The standard InChI is InChI=1S/C13H8BrFN4O2/c14-7-1-2-9(15)8(5-7)10-3-4-16-13-17-11(6-12(20)21)18-19(10)13/h1-5H,6H2,(H,20,21). The van der Waals surface area contributed by atoms with Crippen LogP contribution in [0.15, 0.2) is 34.9 Å². The molecule has 0 fully saturated rings. The van der Waals surface area contributed by atoms with Crippen LogP contribution >= 0.6 is 15.9 Å². The van der Waals surface area contributed by atoms with Crippen LogP contribution in [0.3, 0.4) is 0 Å². The molecule has 0 spiro atoms. The Balaban J connectivity index is 2.20. The Kier molecular flexibility index (Phi) is 3.38. The molecule has 21 heavy (non-hydrogen) atoms. The van der Waals surface area contributed by atoms with Gasteiger partial charge < -0.3 is 5.11 Å². The van der Waals surface area contributed by atoms with Crippen LogP contribution in [0, 0.1) is 5.82 Å². The fourth-order valence-corrected chi connectivity index (χ4v) is 2.30. The first-order chi connectivity index (χ1) is 10.0. The van der Waals surface area contributed by atoms with Gasteiger partial charge in [-0.1, -0.05) is 15.9 Å². The minimum Gasteiger partial charge on any atom is -0.481 e. The number of aliphatic carboxylic acids is 1. The van der Waals surface area contributed by atoms with E-state index in [0.29, 0.717) is 11.3 Å². The van der Waals surface area contributed by atoms with Crippen LogP contribution in [0.1, 0.15) is 5.82 Å². The van der Waals surface area contributed by atoms with Crippen LogP contribution in [0.5, 0.6) is 0 Å². The zero-order chi connectivity index (χ0) is 15.0. The van der Waals surface area contributed by atoms with Crippen LogP contribution in [-0.4, -0.2) is 30.7 Å². The van der Waals surface area contributed by atoms with Crippen molar-refractivity contribution in [3.63, 3.8) is 0 Å². The van der Waals surface area contributed by atoms with Crippen LogP contribution in [0.25, 0.3) is 17.0 Å². The van der Waals surface area contributed by atoms with E-state index < -0.39 is 11.8 Å². The van der Waals surface area contributed by atoms with E-state index in [0.717, 1.165) is 4.47 Å². The van der Waals surface area contributed by atoms with Gasteiger partial charge in [-0.15, -0.1) is 5.10 Å². The molecular weight excluding hydrogens is 343 g/mol. The Hall–Kier alpha value is -2.35. The molecule has 1 aromatic carbocycles. The second kappa shape index (κ2) is 5.21. The van der Waals surface area contributed by atoms with Crippen molar-refractivity contribution in [2.24, 2.45) is 0 Å². The average molecular weight is 351 g/mol. The molecule has 0 aliphatic carbocycles. The van der Waals surface area contributed by atoms with Crippen molar-refractivity contribution >= 4 is 27.7 Å². The maximum Gasteiger partial charge on any atom is 0.311 e. The first-order valence-electron chi connectivity index (χ1n) is 5.92. The normalized spacial score (nSPS) is 11.0. The molecule has 0 radical (unpaired) electrons. The van der Waals surface area contributed by atoms with Crippen molar-refractivity contribution in [2.45, 2.75) is 6.42 Å². The first kappa shape index (κ1) is 13.6. The fraction of sp³-hybridized carbons (Fsp3) is 0.0769. The average Bonchev–Trinajstić information content (AvgIpc) is 2.82. The number of hydrogen-bond donors (Lipinski definition) is 1. The third kappa shape index (κ3) is 2.62. The van der Waals surface area contributed by atoms with Crippen LogP contribution in [0.2, 0.25) is 0 Å². The number of halogens is 2. The predicted octanol–water partition coefficient (Wildman–Crippen LogP) is 2.32. The van der Waals surface area contributed by atoms with Gasteiger partial charge in [0, 0.05) is 16.2 Å². The van der Waals surface area contributed by atoms with Crippen molar-refractivity contribution in [3.05, 3.63) is 46.6 Å². The van der Waals surface area contributed by atoms with Gasteiger partial charge in [0.05, 0.1) is 5.69 Å². The summed E-state index contributed by atoms with van der Waals surface area (Å²) in [7, 11) is 0. The molecule has 0 aliphatic rings. The van der Waals surface area contributed by atoms with Gasteiger partial charge in [0.1, 0.15) is 12.2 Å². The number of nitrogens with zero attached hydrogens (tertiary/aromatic N) is 4. The molecule has 0 saturated heterocycles. The zero-order valence-electron chi connectivity index (χ0n) is 10.5. The van der Waals surface area contributed by atoms with E-state index in [2.05, 4.69) is 31.0 Å². The highest BCUT2D eigenvalue weighted by Crippen LogP contribution is 2.26. The molecule has 106 valence electrons. The number of carboxylic acids is 1. The molecule has 2 aromatic heterocycles. The van der Waals surface area contributed by atoms with Crippen LogP contribution < -0.4 is 0 Å². The van der Waals surface area contributed by atoms with Crippen LogP contribution in [-0.2, 0) is 11.2 Å². The largest absolute Gasteiger partial charge is 0.481 e. The SMILES string of the molecule is O=C(O)Cc1nc2nccc(-c3cc(Br)ccc3F)n2n1. The highest BCUT2D eigenvalue weighted by atomic mass is 79.9. The Labute approximate surface area is 126 Å². The molecule has 0 amide bonds. The number of fused-ring (bicyclic) bond motifs is 1. The minimum atomic E-state index is -1.04. The minimum absolute atomic E-state index is 0.123. The quantitative estimate of drug-likeness (QED) is 0.783. The third-order valence-corrected chi connectivity index (χ3v) is 3.29. The lowest BCUT2D eigenvalue weighted by Gasteiger charge is -2.05. The van der Waals surface area contributed by atoms with E-state index in [4.69, 9.17) is 5.11 Å². The lowest BCUT2D eigenvalue weighted by atomic mass is 10.1. The van der Waals surface area contributed by atoms with Gasteiger partial charge in [0.25, 0.3) is 5.78 Å². The van der Waals surface area contributed by atoms with Gasteiger partial charge in [-0.25, -0.2) is 9.37 Å². The van der Waals surface area contributed by atoms with Gasteiger partial charge in [-0.2, -0.15) is 9.50 Å². The van der Waals surface area contributed by atoms with Gasteiger partial charge in [0.15, 0.2) is 5.82 Å². The third-order valence-electron chi connectivity index (χ3n) is 2.80. The Morgan fingerprint density at radius 2 is 2.19 bits per heavy atom. The lowest BCUT2D eigenvalue weighted by Crippen LogP contribution is -2.02. The maximum absolute atomic E-state index is 14.0. The molecule has 3 aromatic rings. The Bertz CT molecular complexity index is 849. The number of rotatable bonds is 3. The molecule has 1 N–H and O–H groups in total. The van der Waals surface area contributed by atoms with Crippen molar-refractivity contribution in [1.82, 2.24) is 19.6 Å². The maximum atomic E-state index is 14.0.